The van der Waals surface area contributed by atoms with Gasteiger partial charge in [-0.1, -0.05) is 6.92 Å². The minimum atomic E-state index is 0.0369. The monoisotopic (exact) mass is 248 g/mol. The second-order valence-corrected chi connectivity index (χ2v) is 4.52. The molecule has 0 radical (unpaired) electrons. The highest BCUT2D eigenvalue weighted by molar-refractivity contribution is 7.07. The summed E-state index contributed by atoms with van der Waals surface area (Å²) in [5.41, 5.74) is 10.6. The van der Waals surface area contributed by atoms with E-state index in [4.69, 9.17) is 5.73 Å². The van der Waals surface area contributed by atoms with Crippen LogP contribution in [-0.4, -0.2) is 16.5 Å². The van der Waals surface area contributed by atoms with Crippen molar-refractivity contribution < 1.29 is 0 Å². The molecule has 2 rings (SSSR count). The van der Waals surface area contributed by atoms with Crippen molar-refractivity contribution in [3.05, 3.63) is 40.6 Å². The summed E-state index contributed by atoms with van der Waals surface area (Å²) in [5.74, 6) is 0. The molecule has 5 heteroatoms. The zero-order chi connectivity index (χ0) is 12.1. The molecule has 2 aromatic rings. The van der Waals surface area contributed by atoms with Crippen LogP contribution >= 0.6 is 11.3 Å². The van der Waals surface area contributed by atoms with Gasteiger partial charge in [-0.15, -0.1) is 11.3 Å². The Labute approximate surface area is 105 Å². The van der Waals surface area contributed by atoms with Crippen molar-refractivity contribution in [1.82, 2.24) is 15.3 Å². The van der Waals surface area contributed by atoms with Crippen molar-refractivity contribution in [2.24, 2.45) is 0 Å². The highest BCUT2D eigenvalue weighted by Crippen LogP contribution is 2.25. The van der Waals surface area contributed by atoms with Crippen LogP contribution in [0.5, 0.6) is 0 Å². The molecule has 3 N–H and O–H groups in total. The van der Waals surface area contributed by atoms with Crippen molar-refractivity contribution in [3.8, 4) is 0 Å². The molecular weight excluding hydrogens is 232 g/mol. The Kier molecular flexibility index (Phi) is 4.06. The van der Waals surface area contributed by atoms with Crippen LogP contribution < -0.4 is 11.1 Å². The van der Waals surface area contributed by atoms with Crippen molar-refractivity contribution >= 4 is 17.0 Å². The van der Waals surface area contributed by atoms with E-state index in [9.17, 15) is 0 Å². The van der Waals surface area contributed by atoms with Crippen LogP contribution in [0.2, 0.25) is 0 Å². The van der Waals surface area contributed by atoms with Crippen LogP contribution in [0.25, 0.3) is 0 Å². The first-order valence-corrected chi connectivity index (χ1v) is 6.58. The quantitative estimate of drug-likeness (QED) is 0.851. The molecule has 4 nitrogen and oxygen atoms in total. The third kappa shape index (κ3) is 2.81. The lowest BCUT2D eigenvalue weighted by atomic mass is 10.0. The van der Waals surface area contributed by atoms with Gasteiger partial charge in [0.2, 0.25) is 0 Å². The van der Waals surface area contributed by atoms with Gasteiger partial charge in [-0.05, 0) is 19.0 Å². The summed E-state index contributed by atoms with van der Waals surface area (Å²) in [7, 11) is 0. The van der Waals surface area contributed by atoms with E-state index < -0.39 is 0 Å². The maximum atomic E-state index is 5.99. The molecular formula is C12H16N4S. The van der Waals surface area contributed by atoms with Gasteiger partial charge < -0.3 is 11.1 Å². The van der Waals surface area contributed by atoms with Gasteiger partial charge in [-0.2, -0.15) is 0 Å². The standard InChI is InChI=1S/C12H16N4S/c1-2-4-15-12(11-7-17-8-16-11)9-6-14-5-3-10(9)13/h3,5-8,12,15H,2,4H2,1H3,(H2,13,14). The second kappa shape index (κ2) is 5.75. The SMILES string of the molecule is CCCNC(c1cscn1)c1cnccc1N. The molecule has 0 saturated heterocycles. The molecule has 0 fully saturated rings. The van der Waals surface area contributed by atoms with E-state index in [2.05, 4.69) is 22.2 Å². The minimum Gasteiger partial charge on any atom is -0.398 e. The molecule has 0 bridgehead atoms. The Balaban J connectivity index is 2.30. The number of aromatic nitrogens is 2. The van der Waals surface area contributed by atoms with Gasteiger partial charge in [0, 0.05) is 29.0 Å². The minimum absolute atomic E-state index is 0.0369. The number of hydrogen-bond donors (Lipinski definition) is 2. The lowest BCUT2D eigenvalue weighted by Gasteiger charge is -2.18. The van der Waals surface area contributed by atoms with Crippen LogP contribution in [0.3, 0.4) is 0 Å². The first kappa shape index (κ1) is 12.0. The average Bonchev–Trinajstić information content (AvgIpc) is 2.85. The van der Waals surface area contributed by atoms with Gasteiger partial charge in [0.15, 0.2) is 0 Å². The Hall–Kier alpha value is -1.46. The molecule has 17 heavy (non-hydrogen) atoms. The number of nitrogens with one attached hydrogen (secondary N) is 1. The molecule has 0 spiro atoms. The van der Waals surface area contributed by atoms with Gasteiger partial charge >= 0.3 is 0 Å². The Bertz CT molecular complexity index is 455. The molecule has 2 aromatic heterocycles. The van der Waals surface area contributed by atoms with Gasteiger partial charge in [-0.25, -0.2) is 4.98 Å². The van der Waals surface area contributed by atoms with E-state index in [1.165, 1.54) is 0 Å². The molecule has 0 aliphatic heterocycles. The largest absolute Gasteiger partial charge is 0.398 e. The highest BCUT2D eigenvalue weighted by atomic mass is 32.1. The number of nitrogens with two attached hydrogens (primary N) is 1. The number of nitrogens with zero attached hydrogens (tertiary/aromatic N) is 2. The Morgan fingerprint density at radius 1 is 1.53 bits per heavy atom. The van der Waals surface area contributed by atoms with Gasteiger partial charge in [0.05, 0.1) is 17.2 Å². The van der Waals surface area contributed by atoms with Gasteiger partial charge in [0.25, 0.3) is 0 Å². The number of anilines is 1. The van der Waals surface area contributed by atoms with Gasteiger partial charge in [-0.3, -0.25) is 4.98 Å². The molecule has 0 saturated carbocycles. The summed E-state index contributed by atoms with van der Waals surface area (Å²) in [6.45, 7) is 3.06. The summed E-state index contributed by atoms with van der Waals surface area (Å²) >= 11 is 1.59. The third-order valence-corrected chi connectivity index (χ3v) is 3.15. The molecule has 2 heterocycles. The lowest BCUT2D eigenvalue weighted by Crippen LogP contribution is -2.24. The summed E-state index contributed by atoms with van der Waals surface area (Å²) in [4.78, 5) is 8.50. The van der Waals surface area contributed by atoms with Crippen LogP contribution in [0.15, 0.2) is 29.4 Å². The van der Waals surface area contributed by atoms with Crippen molar-refractivity contribution in [3.63, 3.8) is 0 Å². The molecule has 0 aromatic carbocycles. The van der Waals surface area contributed by atoms with Crippen molar-refractivity contribution in [2.45, 2.75) is 19.4 Å². The number of rotatable bonds is 5. The second-order valence-electron chi connectivity index (χ2n) is 3.81. The van der Waals surface area contributed by atoms with Gasteiger partial charge in [0.1, 0.15) is 0 Å². The van der Waals surface area contributed by atoms with Crippen LogP contribution in [0.4, 0.5) is 5.69 Å². The fourth-order valence-electron chi connectivity index (χ4n) is 1.69. The summed E-state index contributed by atoms with van der Waals surface area (Å²) in [6, 6.07) is 1.86. The Morgan fingerprint density at radius 2 is 2.41 bits per heavy atom. The fraction of sp³-hybridized carbons (Fsp3) is 0.333. The smallest absolute Gasteiger partial charge is 0.0795 e. The predicted octanol–water partition coefficient (Wildman–Crippen LogP) is 2.21. The molecule has 1 unspecified atom stereocenters. The fourth-order valence-corrected chi connectivity index (χ4v) is 2.27. The number of pyridine rings is 1. The topological polar surface area (TPSA) is 63.8 Å². The average molecular weight is 248 g/mol. The van der Waals surface area contributed by atoms with Crippen LogP contribution in [0, 0.1) is 0 Å². The van der Waals surface area contributed by atoms with Crippen LogP contribution in [-0.2, 0) is 0 Å². The summed E-state index contributed by atoms with van der Waals surface area (Å²) in [6.07, 6.45) is 4.58. The van der Waals surface area contributed by atoms with E-state index in [1.807, 2.05) is 23.2 Å². The summed E-state index contributed by atoms with van der Waals surface area (Å²) in [5, 5.41) is 5.49. The number of thiazole rings is 1. The maximum absolute atomic E-state index is 5.99. The summed E-state index contributed by atoms with van der Waals surface area (Å²) < 4.78 is 0. The molecule has 0 aliphatic rings. The number of hydrogen-bond acceptors (Lipinski definition) is 5. The third-order valence-electron chi connectivity index (χ3n) is 2.54. The van der Waals surface area contributed by atoms with Crippen molar-refractivity contribution in [1.29, 1.82) is 0 Å². The lowest BCUT2D eigenvalue weighted by molar-refractivity contribution is 0.589. The first-order valence-electron chi connectivity index (χ1n) is 5.63. The van der Waals surface area contributed by atoms with E-state index in [-0.39, 0.29) is 6.04 Å². The van der Waals surface area contributed by atoms with E-state index in [0.29, 0.717) is 0 Å². The predicted molar refractivity (Wildman–Crippen MR) is 70.9 cm³/mol. The molecule has 90 valence electrons. The normalized spacial score (nSPS) is 12.5. The zero-order valence-electron chi connectivity index (χ0n) is 9.76. The maximum Gasteiger partial charge on any atom is 0.0795 e. The van der Waals surface area contributed by atoms with E-state index in [1.54, 1.807) is 17.5 Å². The zero-order valence-corrected chi connectivity index (χ0v) is 10.6. The first-order chi connectivity index (χ1) is 8.33. The molecule has 0 amide bonds. The van der Waals surface area contributed by atoms with E-state index >= 15 is 0 Å². The number of nitrogen functional groups attached to an aromatic ring is 1. The van der Waals surface area contributed by atoms with Crippen LogP contribution in [0.1, 0.15) is 30.6 Å². The molecule has 1 atom stereocenters. The Morgan fingerprint density at radius 3 is 3.06 bits per heavy atom. The molecule has 0 aliphatic carbocycles. The highest BCUT2D eigenvalue weighted by Gasteiger charge is 2.17. The van der Waals surface area contributed by atoms with Crippen molar-refractivity contribution in [2.75, 3.05) is 12.3 Å². The van der Waals surface area contributed by atoms with E-state index in [0.717, 1.165) is 29.9 Å².